The van der Waals surface area contributed by atoms with E-state index in [1.165, 1.54) is 0 Å². The fourth-order valence-electron chi connectivity index (χ4n) is 1.82. The minimum absolute atomic E-state index is 0.155. The van der Waals surface area contributed by atoms with Crippen LogP contribution in [-0.2, 0) is 9.59 Å². The minimum Gasteiger partial charge on any atom is -0.397 e. The van der Waals surface area contributed by atoms with Crippen LogP contribution in [0.4, 0.5) is 20.2 Å². The van der Waals surface area contributed by atoms with Gasteiger partial charge in [-0.05, 0) is 12.5 Å². The van der Waals surface area contributed by atoms with Crippen molar-refractivity contribution in [1.29, 1.82) is 0 Å². The number of imide groups is 1. The highest BCUT2D eigenvalue weighted by Crippen LogP contribution is 2.31. The SMILES string of the molecule is Nc1cc(F)cc(F)c1N1C(=O)CCCC1=O. The van der Waals surface area contributed by atoms with Crippen molar-refractivity contribution in [2.75, 3.05) is 10.6 Å². The summed E-state index contributed by atoms with van der Waals surface area (Å²) >= 11 is 0. The number of piperidine rings is 1. The van der Waals surface area contributed by atoms with E-state index in [0.717, 1.165) is 6.07 Å². The lowest BCUT2D eigenvalue weighted by atomic mass is 10.1. The number of amides is 2. The Morgan fingerprint density at radius 2 is 1.71 bits per heavy atom. The molecule has 2 N–H and O–H groups in total. The number of carbonyl (C=O) groups excluding carboxylic acids is 2. The molecule has 0 bridgehead atoms. The van der Waals surface area contributed by atoms with Gasteiger partial charge in [-0.25, -0.2) is 13.7 Å². The third-order valence-electron chi connectivity index (χ3n) is 2.56. The van der Waals surface area contributed by atoms with E-state index in [0.29, 0.717) is 17.4 Å². The summed E-state index contributed by atoms with van der Waals surface area (Å²) < 4.78 is 26.4. The van der Waals surface area contributed by atoms with E-state index in [1.54, 1.807) is 0 Å². The van der Waals surface area contributed by atoms with Crippen molar-refractivity contribution in [2.45, 2.75) is 19.3 Å². The van der Waals surface area contributed by atoms with Gasteiger partial charge in [0.15, 0.2) is 5.82 Å². The van der Waals surface area contributed by atoms with E-state index in [2.05, 4.69) is 0 Å². The molecule has 0 saturated carbocycles. The van der Waals surface area contributed by atoms with Gasteiger partial charge in [0.25, 0.3) is 0 Å². The molecule has 4 nitrogen and oxygen atoms in total. The van der Waals surface area contributed by atoms with Gasteiger partial charge in [-0.1, -0.05) is 0 Å². The second-order valence-electron chi connectivity index (χ2n) is 3.80. The van der Waals surface area contributed by atoms with Crippen molar-refractivity contribution in [3.63, 3.8) is 0 Å². The molecule has 1 aromatic rings. The van der Waals surface area contributed by atoms with Crippen molar-refractivity contribution in [3.05, 3.63) is 23.8 Å². The lowest BCUT2D eigenvalue weighted by Gasteiger charge is -2.26. The molecule has 1 aliphatic heterocycles. The van der Waals surface area contributed by atoms with Gasteiger partial charge in [-0.3, -0.25) is 9.59 Å². The van der Waals surface area contributed by atoms with Gasteiger partial charge < -0.3 is 5.73 Å². The first-order chi connectivity index (χ1) is 8.00. The first-order valence-corrected chi connectivity index (χ1v) is 5.11. The lowest BCUT2D eigenvalue weighted by molar-refractivity contribution is -0.129. The molecule has 6 heteroatoms. The summed E-state index contributed by atoms with van der Waals surface area (Å²) in [5, 5.41) is 0. The number of halogens is 2. The Bertz CT molecular complexity index is 463. The molecule has 2 amide bonds. The second kappa shape index (κ2) is 4.12. The molecule has 0 aromatic heterocycles. The Hall–Kier alpha value is -1.98. The fraction of sp³-hybridized carbons (Fsp3) is 0.273. The number of rotatable bonds is 1. The van der Waals surface area contributed by atoms with Crippen molar-refractivity contribution in [2.24, 2.45) is 0 Å². The zero-order valence-corrected chi connectivity index (χ0v) is 8.87. The molecular weight excluding hydrogens is 230 g/mol. The molecule has 1 saturated heterocycles. The number of anilines is 2. The zero-order chi connectivity index (χ0) is 12.6. The summed E-state index contributed by atoms with van der Waals surface area (Å²) in [5.74, 6) is -2.89. The molecule has 1 aliphatic rings. The van der Waals surface area contributed by atoms with Crippen LogP contribution in [-0.4, -0.2) is 11.8 Å². The van der Waals surface area contributed by atoms with Gasteiger partial charge in [0.05, 0.1) is 5.69 Å². The maximum absolute atomic E-state index is 13.6. The van der Waals surface area contributed by atoms with E-state index < -0.39 is 23.4 Å². The van der Waals surface area contributed by atoms with Gasteiger partial charge in [0.1, 0.15) is 11.5 Å². The van der Waals surface area contributed by atoms with Crippen LogP contribution in [0.1, 0.15) is 19.3 Å². The fourth-order valence-corrected chi connectivity index (χ4v) is 1.82. The third kappa shape index (κ3) is 1.98. The Morgan fingerprint density at radius 1 is 1.12 bits per heavy atom. The maximum Gasteiger partial charge on any atom is 0.233 e. The highest BCUT2D eigenvalue weighted by molar-refractivity contribution is 6.17. The minimum atomic E-state index is -1.01. The Kier molecular flexibility index (Phi) is 2.79. The Morgan fingerprint density at radius 3 is 2.24 bits per heavy atom. The number of hydrogen-bond donors (Lipinski definition) is 1. The summed E-state index contributed by atoms with van der Waals surface area (Å²) in [4.78, 5) is 23.9. The molecule has 1 heterocycles. The van der Waals surface area contributed by atoms with Crippen LogP contribution in [0.25, 0.3) is 0 Å². The first kappa shape index (κ1) is 11.5. The van der Waals surface area contributed by atoms with Gasteiger partial charge >= 0.3 is 0 Å². The molecule has 0 atom stereocenters. The van der Waals surface area contributed by atoms with E-state index in [9.17, 15) is 18.4 Å². The molecule has 1 fully saturated rings. The van der Waals surface area contributed by atoms with Gasteiger partial charge in [-0.2, -0.15) is 0 Å². The topological polar surface area (TPSA) is 63.4 Å². The van der Waals surface area contributed by atoms with E-state index in [1.807, 2.05) is 0 Å². The van der Waals surface area contributed by atoms with Crippen LogP contribution in [0.15, 0.2) is 12.1 Å². The standard InChI is InChI=1S/C11H10F2N2O2/c12-6-4-7(13)11(8(14)5-6)15-9(16)2-1-3-10(15)17/h4-5H,1-3,14H2. The first-order valence-electron chi connectivity index (χ1n) is 5.11. The molecule has 0 unspecified atom stereocenters. The average Bonchev–Trinajstić information content (AvgIpc) is 2.21. The van der Waals surface area contributed by atoms with Crippen LogP contribution >= 0.6 is 0 Å². The third-order valence-corrected chi connectivity index (χ3v) is 2.56. The number of benzene rings is 1. The monoisotopic (exact) mass is 240 g/mol. The normalized spacial score (nSPS) is 16.5. The van der Waals surface area contributed by atoms with Crippen molar-refractivity contribution < 1.29 is 18.4 Å². The molecule has 90 valence electrons. The lowest BCUT2D eigenvalue weighted by Crippen LogP contribution is -2.41. The smallest absolute Gasteiger partial charge is 0.233 e. The summed E-state index contributed by atoms with van der Waals surface area (Å²) in [6.07, 6.45) is 0.751. The van der Waals surface area contributed by atoms with E-state index in [-0.39, 0.29) is 24.2 Å². The molecule has 1 aromatic carbocycles. The van der Waals surface area contributed by atoms with Crippen LogP contribution in [0.5, 0.6) is 0 Å². The van der Waals surface area contributed by atoms with Crippen molar-refractivity contribution in [3.8, 4) is 0 Å². The van der Waals surface area contributed by atoms with Crippen molar-refractivity contribution >= 4 is 23.2 Å². The molecule has 2 rings (SSSR count). The van der Waals surface area contributed by atoms with Crippen molar-refractivity contribution in [1.82, 2.24) is 0 Å². The van der Waals surface area contributed by atoms with Crippen LogP contribution in [0.2, 0.25) is 0 Å². The zero-order valence-electron chi connectivity index (χ0n) is 8.87. The molecule has 17 heavy (non-hydrogen) atoms. The highest BCUT2D eigenvalue weighted by Gasteiger charge is 2.31. The van der Waals surface area contributed by atoms with Gasteiger partial charge in [0, 0.05) is 18.9 Å². The van der Waals surface area contributed by atoms with E-state index >= 15 is 0 Å². The number of hydrogen-bond acceptors (Lipinski definition) is 3. The Balaban J connectivity index is 2.52. The quantitative estimate of drug-likeness (QED) is 0.599. The summed E-state index contributed by atoms with van der Waals surface area (Å²) in [6.45, 7) is 0. The van der Waals surface area contributed by atoms with Gasteiger partial charge in [-0.15, -0.1) is 0 Å². The maximum atomic E-state index is 13.6. The highest BCUT2D eigenvalue weighted by atomic mass is 19.1. The van der Waals surface area contributed by atoms with Crippen LogP contribution in [0.3, 0.4) is 0 Å². The van der Waals surface area contributed by atoms with Gasteiger partial charge in [0.2, 0.25) is 11.8 Å². The predicted octanol–water partition coefficient (Wildman–Crippen LogP) is 1.59. The molecule has 0 aliphatic carbocycles. The number of nitrogens with zero attached hydrogens (tertiary/aromatic N) is 1. The van der Waals surface area contributed by atoms with Crippen LogP contribution < -0.4 is 10.6 Å². The van der Waals surface area contributed by atoms with E-state index in [4.69, 9.17) is 5.73 Å². The number of nitrogen functional groups attached to an aromatic ring is 1. The Labute approximate surface area is 96.0 Å². The largest absolute Gasteiger partial charge is 0.397 e. The summed E-state index contributed by atoms with van der Waals surface area (Å²) in [5.41, 5.74) is 4.85. The van der Waals surface area contributed by atoms with Crippen LogP contribution in [0, 0.1) is 11.6 Å². The molecule has 0 radical (unpaired) electrons. The summed E-state index contributed by atoms with van der Waals surface area (Å²) in [7, 11) is 0. The molecular formula is C11H10F2N2O2. The summed E-state index contributed by atoms with van der Waals surface area (Å²) in [6, 6.07) is 1.48. The predicted molar refractivity (Wildman–Crippen MR) is 57.1 cm³/mol. The number of carbonyl (C=O) groups is 2. The average molecular weight is 240 g/mol. The number of nitrogens with two attached hydrogens (primary N) is 1. The molecule has 0 spiro atoms. The second-order valence-corrected chi connectivity index (χ2v) is 3.80.